The van der Waals surface area contributed by atoms with Gasteiger partial charge in [-0.25, -0.2) is 0 Å². The molecule has 0 radical (unpaired) electrons. The minimum atomic E-state index is -0.162. The first-order valence-electron chi connectivity index (χ1n) is 6.19. The number of anilines is 1. The van der Waals surface area contributed by atoms with Gasteiger partial charge in [-0.15, -0.1) is 0 Å². The maximum atomic E-state index is 11.7. The average Bonchev–Trinajstić information content (AvgIpc) is 2.36. The van der Waals surface area contributed by atoms with E-state index in [-0.39, 0.29) is 12.5 Å². The number of nitrogens with one attached hydrogen (secondary N) is 1. The lowest BCUT2D eigenvalue weighted by atomic mass is 10.1. The van der Waals surface area contributed by atoms with Gasteiger partial charge < -0.3 is 10.1 Å². The van der Waals surface area contributed by atoms with E-state index < -0.39 is 0 Å². The van der Waals surface area contributed by atoms with Gasteiger partial charge in [-0.3, -0.25) is 4.79 Å². The SMILES string of the molecule is Cc1cc(C)cc(OCC(=O)Nc2ccccc2)c1. The third-order valence-electron chi connectivity index (χ3n) is 2.62. The molecule has 0 bridgehead atoms. The molecule has 0 spiro atoms. The van der Waals surface area contributed by atoms with E-state index in [4.69, 9.17) is 4.74 Å². The molecular formula is C16H17NO2. The molecule has 0 unspecified atom stereocenters. The van der Waals surface area contributed by atoms with Crippen LogP contribution >= 0.6 is 0 Å². The van der Waals surface area contributed by atoms with Crippen LogP contribution in [0.25, 0.3) is 0 Å². The van der Waals surface area contributed by atoms with E-state index in [0.29, 0.717) is 0 Å². The minimum Gasteiger partial charge on any atom is -0.484 e. The van der Waals surface area contributed by atoms with Crippen molar-refractivity contribution in [1.29, 1.82) is 0 Å². The Morgan fingerprint density at radius 1 is 1.05 bits per heavy atom. The fraction of sp³-hybridized carbons (Fsp3) is 0.188. The lowest BCUT2D eigenvalue weighted by Gasteiger charge is -2.09. The molecule has 3 heteroatoms. The molecule has 0 aliphatic carbocycles. The maximum absolute atomic E-state index is 11.7. The number of hydrogen-bond donors (Lipinski definition) is 1. The van der Waals surface area contributed by atoms with Crippen LogP contribution in [0.15, 0.2) is 48.5 Å². The summed E-state index contributed by atoms with van der Waals surface area (Å²) in [5.74, 6) is 0.561. The summed E-state index contributed by atoms with van der Waals surface area (Å²) in [5, 5.41) is 2.78. The third kappa shape index (κ3) is 4.14. The van der Waals surface area contributed by atoms with E-state index in [0.717, 1.165) is 22.6 Å². The highest BCUT2D eigenvalue weighted by atomic mass is 16.5. The molecule has 1 amide bonds. The van der Waals surface area contributed by atoms with E-state index in [1.54, 1.807) is 0 Å². The van der Waals surface area contributed by atoms with Crippen LogP contribution in [0.3, 0.4) is 0 Å². The summed E-state index contributed by atoms with van der Waals surface area (Å²) in [7, 11) is 0. The first-order valence-corrected chi connectivity index (χ1v) is 6.19. The first kappa shape index (κ1) is 13.1. The van der Waals surface area contributed by atoms with Gasteiger partial charge in [0.25, 0.3) is 5.91 Å². The molecule has 0 saturated carbocycles. The summed E-state index contributed by atoms with van der Waals surface area (Å²) in [6.45, 7) is 4.02. The van der Waals surface area contributed by atoms with Gasteiger partial charge in [-0.1, -0.05) is 24.3 Å². The first-order chi connectivity index (χ1) is 9.13. The second kappa shape index (κ2) is 6.05. The van der Waals surface area contributed by atoms with Gasteiger partial charge in [0, 0.05) is 5.69 Å². The standard InChI is InChI=1S/C16H17NO2/c1-12-8-13(2)10-15(9-12)19-11-16(18)17-14-6-4-3-5-7-14/h3-10H,11H2,1-2H3,(H,17,18). The van der Waals surface area contributed by atoms with E-state index in [9.17, 15) is 4.79 Å². The summed E-state index contributed by atoms with van der Waals surface area (Å²) < 4.78 is 5.49. The van der Waals surface area contributed by atoms with Crippen molar-refractivity contribution in [3.05, 3.63) is 59.7 Å². The van der Waals surface area contributed by atoms with Crippen LogP contribution in [0.2, 0.25) is 0 Å². The molecule has 98 valence electrons. The zero-order valence-corrected chi connectivity index (χ0v) is 11.1. The van der Waals surface area contributed by atoms with Crippen LogP contribution in [-0.4, -0.2) is 12.5 Å². The Kier molecular flexibility index (Phi) is 4.18. The number of aryl methyl sites for hydroxylation is 2. The van der Waals surface area contributed by atoms with Gasteiger partial charge in [0.1, 0.15) is 5.75 Å². The van der Waals surface area contributed by atoms with Gasteiger partial charge in [-0.05, 0) is 49.2 Å². The molecule has 0 saturated heterocycles. The molecule has 0 fully saturated rings. The monoisotopic (exact) mass is 255 g/mol. The highest BCUT2D eigenvalue weighted by Crippen LogP contribution is 2.16. The predicted octanol–water partition coefficient (Wildman–Crippen LogP) is 3.32. The van der Waals surface area contributed by atoms with Crippen molar-refractivity contribution >= 4 is 11.6 Å². The van der Waals surface area contributed by atoms with Gasteiger partial charge in [-0.2, -0.15) is 0 Å². The number of carbonyl (C=O) groups excluding carboxylic acids is 1. The number of hydrogen-bond acceptors (Lipinski definition) is 2. The largest absolute Gasteiger partial charge is 0.484 e. The smallest absolute Gasteiger partial charge is 0.262 e. The molecule has 0 heterocycles. The number of carbonyl (C=O) groups is 1. The molecule has 2 aromatic rings. The van der Waals surface area contributed by atoms with Crippen molar-refractivity contribution in [3.8, 4) is 5.75 Å². The van der Waals surface area contributed by atoms with Crippen molar-refractivity contribution < 1.29 is 9.53 Å². The Labute approximate surface area is 113 Å². The third-order valence-corrected chi connectivity index (χ3v) is 2.62. The van der Waals surface area contributed by atoms with Crippen LogP contribution < -0.4 is 10.1 Å². The predicted molar refractivity (Wildman–Crippen MR) is 76.5 cm³/mol. The Hall–Kier alpha value is -2.29. The topological polar surface area (TPSA) is 38.3 Å². The summed E-state index contributed by atoms with van der Waals surface area (Å²) in [5.41, 5.74) is 3.02. The second-order valence-corrected chi connectivity index (χ2v) is 4.53. The molecule has 2 aromatic carbocycles. The molecule has 0 aliphatic rings. The van der Waals surface area contributed by atoms with Crippen molar-refractivity contribution in [3.63, 3.8) is 0 Å². The van der Waals surface area contributed by atoms with Gasteiger partial charge >= 0.3 is 0 Å². The highest BCUT2D eigenvalue weighted by molar-refractivity contribution is 5.91. The highest BCUT2D eigenvalue weighted by Gasteiger charge is 2.04. The Morgan fingerprint density at radius 2 is 1.68 bits per heavy atom. The van der Waals surface area contributed by atoms with Crippen LogP contribution in [-0.2, 0) is 4.79 Å². The molecule has 0 atom stereocenters. The molecule has 1 N–H and O–H groups in total. The van der Waals surface area contributed by atoms with Gasteiger partial charge in [0.05, 0.1) is 0 Å². The van der Waals surface area contributed by atoms with E-state index >= 15 is 0 Å². The van der Waals surface area contributed by atoms with E-state index in [2.05, 4.69) is 11.4 Å². The summed E-state index contributed by atoms with van der Waals surface area (Å²) in [6.07, 6.45) is 0. The van der Waals surface area contributed by atoms with Crippen molar-refractivity contribution in [2.24, 2.45) is 0 Å². The molecule has 19 heavy (non-hydrogen) atoms. The fourth-order valence-electron chi connectivity index (χ4n) is 1.88. The van der Waals surface area contributed by atoms with Gasteiger partial charge in [0.2, 0.25) is 0 Å². The maximum Gasteiger partial charge on any atom is 0.262 e. The lowest BCUT2D eigenvalue weighted by Crippen LogP contribution is -2.20. The fourth-order valence-corrected chi connectivity index (χ4v) is 1.88. The van der Waals surface area contributed by atoms with Gasteiger partial charge in [0.15, 0.2) is 6.61 Å². The van der Waals surface area contributed by atoms with Crippen molar-refractivity contribution in [1.82, 2.24) is 0 Å². The summed E-state index contributed by atoms with van der Waals surface area (Å²) >= 11 is 0. The number of benzene rings is 2. The average molecular weight is 255 g/mol. The molecule has 0 aromatic heterocycles. The minimum absolute atomic E-state index is 0.0117. The Morgan fingerprint density at radius 3 is 2.32 bits per heavy atom. The number of ether oxygens (including phenoxy) is 1. The normalized spacial score (nSPS) is 10.0. The van der Waals surface area contributed by atoms with E-state index in [1.165, 1.54) is 0 Å². The molecule has 2 rings (SSSR count). The lowest BCUT2D eigenvalue weighted by molar-refractivity contribution is -0.118. The molecule has 3 nitrogen and oxygen atoms in total. The Balaban J connectivity index is 1.90. The van der Waals surface area contributed by atoms with Crippen molar-refractivity contribution in [2.75, 3.05) is 11.9 Å². The van der Waals surface area contributed by atoms with E-state index in [1.807, 2.05) is 56.3 Å². The number of para-hydroxylation sites is 1. The Bertz CT molecular complexity index is 544. The molecular weight excluding hydrogens is 238 g/mol. The van der Waals surface area contributed by atoms with Crippen LogP contribution in [0.1, 0.15) is 11.1 Å². The zero-order chi connectivity index (χ0) is 13.7. The quantitative estimate of drug-likeness (QED) is 0.910. The molecule has 0 aliphatic heterocycles. The number of rotatable bonds is 4. The summed E-state index contributed by atoms with van der Waals surface area (Å²) in [6, 6.07) is 15.2. The van der Waals surface area contributed by atoms with Crippen molar-refractivity contribution in [2.45, 2.75) is 13.8 Å². The second-order valence-electron chi connectivity index (χ2n) is 4.53. The van der Waals surface area contributed by atoms with Crippen LogP contribution in [0.5, 0.6) is 5.75 Å². The zero-order valence-electron chi connectivity index (χ0n) is 11.1. The summed E-state index contributed by atoms with van der Waals surface area (Å²) in [4.78, 5) is 11.7. The van der Waals surface area contributed by atoms with Crippen LogP contribution in [0, 0.1) is 13.8 Å². The number of amides is 1. The van der Waals surface area contributed by atoms with Crippen LogP contribution in [0.4, 0.5) is 5.69 Å².